The number of nitrogens with one attached hydrogen (secondary N) is 1. The second-order valence-corrected chi connectivity index (χ2v) is 6.13. The fourth-order valence-electron chi connectivity index (χ4n) is 3.14. The molecule has 2 heterocycles. The van der Waals surface area contributed by atoms with Crippen LogP contribution in [0, 0.1) is 0 Å². The van der Waals surface area contributed by atoms with Gasteiger partial charge in [0.05, 0.1) is 23.1 Å². The minimum absolute atomic E-state index is 0.0678. The molecule has 128 valence electrons. The molecule has 3 aromatic rings. The van der Waals surface area contributed by atoms with Crippen molar-refractivity contribution in [2.24, 2.45) is 0 Å². The summed E-state index contributed by atoms with van der Waals surface area (Å²) >= 11 is 0. The first kappa shape index (κ1) is 15.3. The van der Waals surface area contributed by atoms with Gasteiger partial charge >= 0.3 is 5.97 Å². The first-order chi connectivity index (χ1) is 12.1. The number of carboxylic acid groups (broad SMARTS) is 1. The van der Waals surface area contributed by atoms with Gasteiger partial charge in [-0.05, 0) is 42.5 Å². The van der Waals surface area contributed by atoms with Gasteiger partial charge in [0, 0.05) is 18.7 Å². The first-order valence-electron chi connectivity index (χ1n) is 8.09. The van der Waals surface area contributed by atoms with E-state index in [-0.39, 0.29) is 11.7 Å². The number of ether oxygens (including phenoxy) is 1. The van der Waals surface area contributed by atoms with E-state index in [0.29, 0.717) is 11.7 Å². The number of aromatic carboxylic acids is 1. The van der Waals surface area contributed by atoms with Crippen molar-refractivity contribution in [2.75, 3.05) is 23.7 Å². The maximum absolute atomic E-state index is 10.9. The molecule has 25 heavy (non-hydrogen) atoms. The number of benzene rings is 2. The number of aromatic nitrogens is 2. The quantitative estimate of drug-likeness (QED) is 0.675. The lowest BCUT2D eigenvalue weighted by Crippen LogP contribution is -2.24. The number of anilines is 2. The third-order valence-corrected chi connectivity index (χ3v) is 4.40. The Morgan fingerprint density at radius 1 is 1.28 bits per heavy atom. The van der Waals surface area contributed by atoms with Crippen LogP contribution in [-0.4, -0.2) is 40.2 Å². The monoisotopic (exact) mass is 338 g/mol. The van der Waals surface area contributed by atoms with Crippen molar-refractivity contribution in [3.05, 3.63) is 48.0 Å². The van der Waals surface area contributed by atoms with Crippen LogP contribution in [0.1, 0.15) is 16.8 Å². The highest BCUT2D eigenvalue weighted by atomic mass is 16.5. The van der Waals surface area contributed by atoms with Gasteiger partial charge in [-0.25, -0.2) is 9.78 Å². The van der Waals surface area contributed by atoms with Crippen LogP contribution in [0.3, 0.4) is 0 Å². The van der Waals surface area contributed by atoms with Crippen LogP contribution in [0.5, 0.6) is 5.75 Å². The minimum Gasteiger partial charge on any atom is -0.489 e. The van der Waals surface area contributed by atoms with E-state index in [4.69, 9.17) is 15.6 Å². The number of fused-ring (bicyclic) bond motifs is 1. The number of hydrogen-bond acceptors (Lipinski definition) is 5. The molecule has 1 aromatic heterocycles. The van der Waals surface area contributed by atoms with Gasteiger partial charge in [-0.15, -0.1) is 0 Å². The van der Waals surface area contributed by atoms with Crippen molar-refractivity contribution in [2.45, 2.75) is 12.5 Å². The highest BCUT2D eigenvalue weighted by molar-refractivity contribution is 5.87. The van der Waals surface area contributed by atoms with Crippen molar-refractivity contribution in [1.82, 2.24) is 9.97 Å². The summed E-state index contributed by atoms with van der Waals surface area (Å²) in [4.78, 5) is 20.4. The summed E-state index contributed by atoms with van der Waals surface area (Å²) in [6.45, 7) is 1.67. The molecule has 0 radical (unpaired) electrons. The van der Waals surface area contributed by atoms with Crippen LogP contribution >= 0.6 is 0 Å². The number of H-pyrrole nitrogens is 1. The molecule has 7 heteroatoms. The molecule has 1 unspecified atom stereocenters. The maximum atomic E-state index is 10.9. The van der Waals surface area contributed by atoms with Gasteiger partial charge in [0.25, 0.3) is 0 Å². The number of hydrogen-bond donors (Lipinski definition) is 3. The Morgan fingerprint density at radius 2 is 2.08 bits per heavy atom. The van der Waals surface area contributed by atoms with E-state index in [1.54, 1.807) is 24.3 Å². The molecule has 7 nitrogen and oxygen atoms in total. The molecule has 0 amide bonds. The van der Waals surface area contributed by atoms with E-state index in [0.717, 1.165) is 36.2 Å². The number of rotatable bonds is 4. The van der Waals surface area contributed by atoms with Gasteiger partial charge in [0.15, 0.2) is 5.95 Å². The molecule has 1 saturated heterocycles. The molecule has 0 aliphatic carbocycles. The average Bonchev–Trinajstić information content (AvgIpc) is 3.20. The molecule has 0 spiro atoms. The zero-order valence-corrected chi connectivity index (χ0v) is 13.5. The first-order valence-corrected chi connectivity index (χ1v) is 8.09. The molecular formula is C18H18N4O3. The topological polar surface area (TPSA) is 104 Å². The Morgan fingerprint density at radius 3 is 2.84 bits per heavy atom. The van der Waals surface area contributed by atoms with Gasteiger partial charge < -0.3 is 25.5 Å². The molecule has 4 rings (SSSR count). The Labute approximate surface area is 144 Å². The van der Waals surface area contributed by atoms with E-state index in [2.05, 4.69) is 14.9 Å². The summed E-state index contributed by atoms with van der Waals surface area (Å²) in [6, 6.07) is 12.5. The van der Waals surface area contributed by atoms with Gasteiger partial charge in [-0.2, -0.15) is 0 Å². The summed E-state index contributed by atoms with van der Waals surface area (Å²) in [7, 11) is 0. The number of nitrogens with two attached hydrogens (primary N) is 1. The number of nitrogens with zero attached hydrogens (tertiary/aromatic N) is 2. The van der Waals surface area contributed by atoms with Crippen LogP contribution in [0.4, 0.5) is 11.6 Å². The molecule has 2 aromatic carbocycles. The molecule has 1 aliphatic heterocycles. The van der Waals surface area contributed by atoms with Crippen LogP contribution in [0.15, 0.2) is 42.5 Å². The Kier molecular flexibility index (Phi) is 3.68. The standard InChI is InChI=1S/C18H18N4O3/c19-18-20-15-6-3-12(9-16(15)21-18)22-8-7-14(10-22)25-13-4-1-11(2-5-13)17(23)24/h1-6,9,14H,7-8,10H2,(H,23,24)(H3,19,20,21). The van der Waals surface area contributed by atoms with Gasteiger partial charge in [-0.1, -0.05) is 0 Å². The average molecular weight is 338 g/mol. The zero-order chi connectivity index (χ0) is 17.4. The normalized spacial score (nSPS) is 17.1. The number of imidazole rings is 1. The number of carboxylic acids is 1. The summed E-state index contributed by atoms with van der Waals surface area (Å²) in [5.74, 6) is 0.168. The fraction of sp³-hybridized carbons (Fsp3) is 0.222. The minimum atomic E-state index is -0.937. The van der Waals surface area contributed by atoms with E-state index >= 15 is 0 Å². The predicted molar refractivity (Wildman–Crippen MR) is 95.2 cm³/mol. The Hall–Kier alpha value is -3.22. The van der Waals surface area contributed by atoms with Crippen LogP contribution < -0.4 is 15.4 Å². The molecular weight excluding hydrogens is 320 g/mol. The molecule has 0 bridgehead atoms. The third-order valence-electron chi connectivity index (χ3n) is 4.40. The Balaban J connectivity index is 1.44. The summed E-state index contributed by atoms with van der Waals surface area (Å²) in [6.07, 6.45) is 0.974. The van der Waals surface area contributed by atoms with Crippen molar-refractivity contribution in [3.63, 3.8) is 0 Å². The molecule has 1 fully saturated rings. The predicted octanol–water partition coefficient (Wildman–Crippen LogP) is 2.50. The molecule has 0 saturated carbocycles. The lowest BCUT2D eigenvalue weighted by atomic mass is 10.2. The number of nitrogen functional groups attached to an aromatic ring is 1. The van der Waals surface area contributed by atoms with Crippen LogP contribution in [-0.2, 0) is 0 Å². The van der Waals surface area contributed by atoms with E-state index in [9.17, 15) is 4.79 Å². The Bertz CT molecular complexity index is 920. The van der Waals surface area contributed by atoms with Crippen molar-refractivity contribution < 1.29 is 14.6 Å². The summed E-state index contributed by atoms with van der Waals surface area (Å²) < 4.78 is 5.98. The molecule has 1 aliphatic rings. The van der Waals surface area contributed by atoms with Crippen LogP contribution in [0.25, 0.3) is 11.0 Å². The highest BCUT2D eigenvalue weighted by Gasteiger charge is 2.24. The van der Waals surface area contributed by atoms with Crippen molar-refractivity contribution >= 4 is 28.6 Å². The molecule has 1 atom stereocenters. The highest BCUT2D eigenvalue weighted by Crippen LogP contribution is 2.26. The second-order valence-electron chi connectivity index (χ2n) is 6.13. The van der Waals surface area contributed by atoms with Crippen molar-refractivity contribution in [1.29, 1.82) is 0 Å². The zero-order valence-electron chi connectivity index (χ0n) is 13.5. The van der Waals surface area contributed by atoms with Gasteiger partial charge in [-0.3, -0.25) is 0 Å². The second kappa shape index (κ2) is 6.01. The van der Waals surface area contributed by atoms with E-state index in [1.165, 1.54) is 0 Å². The van der Waals surface area contributed by atoms with E-state index in [1.807, 2.05) is 18.2 Å². The number of aromatic amines is 1. The summed E-state index contributed by atoms with van der Waals surface area (Å²) in [5, 5.41) is 8.94. The van der Waals surface area contributed by atoms with Crippen LogP contribution in [0.2, 0.25) is 0 Å². The largest absolute Gasteiger partial charge is 0.489 e. The van der Waals surface area contributed by atoms with Crippen molar-refractivity contribution in [3.8, 4) is 5.75 Å². The smallest absolute Gasteiger partial charge is 0.335 e. The SMILES string of the molecule is Nc1nc2ccc(N3CCC(Oc4ccc(C(=O)O)cc4)C3)cc2[nH]1. The van der Waals surface area contributed by atoms with E-state index < -0.39 is 5.97 Å². The molecule has 4 N–H and O–H groups in total. The maximum Gasteiger partial charge on any atom is 0.335 e. The third kappa shape index (κ3) is 3.08. The van der Waals surface area contributed by atoms with Gasteiger partial charge in [0.1, 0.15) is 11.9 Å². The van der Waals surface area contributed by atoms with Gasteiger partial charge in [0.2, 0.25) is 0 Å². The lowest BCUT2D eigenvalue weighted by molar-refractivity contribution is 0.0697. The summed E-state index contributed by atoms with van der Waals surface area (Å²) in [5.41, 5.74) is 8.83. The fourth-order valence-corrected chi connectivity index (χ4v) is 3.14. The lowest BCUT2D eigenvalue weighted by Gasteiger charge is -2.19. The number of carbonyl (C=O) groups is 1.